The van der Waals surface area contributed by atoms with E-state index in [2.05, 4.69) is 131 Å². The van der Waals surface area contributed by atoms with Crippen molar-refractivity contribution in [1.29, 1.82) is 0 Å². The van der Waals surface area contributed by atoms with Gasteiger partial charge in [-0.1, -0.05) is 60.7 Å². The quantitative estimate of drug-likeness (QED) is 0.109. The molecule has 0 bridgehead atoms. The number of rotatable bonds is 10. The highest BCUT2D eigenvalue weighted by molar-refractivity contribution is 6.33. The second-order valence-electron chi connectivity index (χ2n) is 11.0. The van der Waals surface area contributed by atoms with E-state index in [1.54, 1.807) is 0 Å². The number of benzene rings is 3. The first-order valence-electron chi connectivity index (χ1n) is 14.2. The lowest BCUT2D eigenvalue weighted by molar-refractivity contribution is 0.166. The lowest BCUT2D eigenvalue weighted by Gasteiger charge is -2.30. The third-order valence-electron chi connectivity index (χ3n) is 6.46. The second kappa shape index (κ2) is 18.6. The van der Waals surface area contributed by atoms with E-state index in [4.69, 9.17) is 10.0 Å². The molecule has 0 unspecified atom stereocenters. The van der Waals surface area contributed by atoms with Crippen LogP contribution >= 0.6 is 0 Å². The maximum atomic E-state index is 12.7. The van der Waals surface area contributed by atoms with E-state index in [-0.39, 0.29) is 0 Å². The topological polar surface area (TPSA) is 56.2 Å². The highest BCUT2D eigenvalue weighted by atomic mass is 19.2. The fraction of sp³-hybridized carbons (Fsp3) is 0.438. The molecule has 238 valence electrons. The third kappa shape index (κ3) is 12.6. The summed E-state index contributed by atoms with van der Waals surface area (Å²) in [4.78, 5) is 4.99. The maximum absolute atomic E-state index is 12.7. The Kier molecular flexibility index (Phi) is 16.5. The molecule has 5 nitrogen and oxygen atoms in total. The van der Waals surface area contributed by atoms with Gasteiger partial charge in [-0.25, -0.2) is 13.2 Å². The van der Waals surface area contributed by atoms with E-state index < -0.39 is 42.2 Å². The first-order valence-corrected chi connectivity index (χ1v) is 14.2. The molecule has 0 saturated heterocycles. The van der Waals surface area contributed by atoms with Crippen molar-refractivity contribution in [2.75, 3.05) is 0 Å². The third-order valence-corrected chi connectivity index (χ3v) is 6.46. The van der Waals surface area contributed by atoms with Crippen molar-refractivity contribution in [3.8, 4) is 5.75 Å². The molecule has 43 heavy (non-hydrogen) atoms. The maximum Gasteiger partial charge on any atom is 0.707 e. The van der Waals surface area contributed by atoms with Gasteiger partial charge in [0.05, 0.1) is 0 Å². The first kappa shape index (κ1) is 38.0. The normalized spacial score (nSPS) is 11.2. The van der Waals surface area contributed by atoms with Crippen molar-refractivity contribution < 1.29 is 36.7 Å². The van der Waals surface area contributed by atoms with Crippen LogP contribution in [0.15, 0.2) is 60.7 Å². The van der Waals surface area contributed by atoms with Crippen LogP contribution in [-0.4, -0.2) is 51.3 Å². The summed E-state index contributed by atoms with van der Waals surface area (Å²) in [5.41, 5.74) is 2.80. The predicted octanol–water partition coefficient (Wildman–Crippen LogP) is 7.34. The van der Waals surface area contributed by atoms with Crippen LogP contribution in [0, 0.1) is 29.1 Å². The van der Waals surface area contributed by atoms with Crippen molar-refractivity contribution in [2.45, 2.75) is 92.6 Å². The van der Waals surface area contributed by atoms with Crippen LogP contribution in [0.1, 0.15) is 66.5 Å². The minimum atomic E-state index is -2.70. The SMILES string of the molecule is CC(C)N(Cc1ccccc1)C(C)C.CC(C)N(Cc1ccccc1)C(C)C.OB(O)Oc1c(F)c(F)c(F)c(F)c1F. The lowest BCUT2D eigenvalue weighted by atomic mass is 10.1. The van der Waals surface area contributed by atoms with Crippen LogP contribution in [-0.2, 0) is 13.1 Å². The molecule has 0 saturated carbocycles. The summed E-state index contributed by atoms with van der Waals surface area (Å²) in [5.74, 6) is -13.1. The molecule has 3 aromatic carbocycles. The molecule has 0 amide bonds. The van der Waals surface area contributed by atoms with E-state index in [9.17, 15) is 22.0 Å². The van der Waals surface area contributed by atoms with Crippen molar-refractivity contribution in [3.63, 3.8) is 0 Å². The molecule has 0 radical (unpaired) electrons. The van der Waals surface area contributed by atoms with Crippen LogP contribution < -0.4 is 4.65 Å². The van der Waals surface area contributed by atoms with Gasteiger partial charge in [0.2, 0.25) is 29.1 Å². The van der Waals surface area contributed by atoms with Gasteiger partial charge in [-0.3, -0.25) is 9.80 Å². The van der Waals surface area contributed by atoms with Crippen LogP contribution in [0.3, 0.4) is 0 Å². The Morgan fingerprint density at radius 1 is 0.535 bits per heavy atom. The smallest absolute Gasteiger partial charge is 0.507 e. The number of hydrogen-bond acceptors (Lipinski definition) is 5. The Hall–Kier alpha value is -2.99. The second-order valence-corrected chi connectivity index (χ2v) is 11.0. The number of hydrogen-bond donors (Lipinski definition) is 2. The van der Waals surface area contributed by atoms with Gasteiger partial charge in [0.15, 0.2) is 5.75 Å². The summed E-state index contributed by atoms with van der Waals surface area (Å²) in [6.07, 6.45) is 0. The molecular weight excluding hydrogens is 566 g/mol. The number of nitrogens with zero attached hydrogens (tertiary/aromatic N) is 2. The molecule has 11 heteroatoms. The highest BCUT2D eigenvalue weighted by Gasteiger charge is 2.29. The lowest BCUT2D eigenvalue weighted by Crippen LogP contribution is -2.36. The summed E-state index contributed by atoms with van der Waals surface area (Å²) < 4.78 is 66.3. The molecule has 0 atom stereocenters. The fourth-order valence-electron chi connectivity index (χ4n) is 4.30. The molecule has 0 spiro atoms. The van der Waals surface area contributed by atoms with Crippen LogP contribution in [0.2, 0.25) is 0 Å². The molecule has 0 aromatic heterocycles. The van der Waals surface area contributed by atoms with E-state index in [1.807, 2.05) is 0 Å². The van der Waals surface area contributed by atoms with E-state index in [0.717, 1.165) is 13.1 Å². The Balaban J connectivity index is 0.000000323. The molecular formula is C32H44BF5N2O3. The first-order chi connectivity index (χ1) is 20.1. The van der Waals surface area contributed by atoms with Gasteiger partial charge in [0, 0.05) is 37.3 Å². The van der Waals surface area contributed by atoms with Crippen LogP contribution in [0.4, 0.5) is 22.0 Å². The van der Waals surface area contributed by atoms with E-state index in [0.29, 0.717) is 24.2 Å². The minimum absolute atomic E-state index is 0.607. The summed E-state index contributed by atoms with van der Waals surface area (Å²) in [5, 5.41) is 16.3. The summed E-state index contributed by atoms with van der Waals surface area (Å²) in [7, 11) is -2.70. The van der Waals surface area contributed by atoms with Gasteiger partial charge in [-0.15, -0.1) is 0 Å². The Bertz CT molecular complexity index is 1110. The predicted molar refractivity (Wildman–Crippen MR) is 162 cm³/mol. The Labute approximate surface area is 253 Å². The van der Waals surface area contributed by atoms with Gasteiger partial charge < -0.3 is 14.7 Å². The van der Waals surface area contributed by atoms with Gasteiger partial charge in [-0.05, 0) is 66.5 Å². The van der Waals surface area contributed by atoms with E-state index in [1.165, 1.54) is 11.1 Å². The van der Waals surface area contributed by atoms with Gasteiger partial charge >= 0.3 is 7.32 Å². The summed E-state index contributed by atoms with van der Waals surface area (Å²) in [6, 6.07) is 23.8. The Morgan fingerprint density at radius 3 is 1.07 bits per heavy atom. The standard InChI is InChI=1S/2C13H21N.C6H2BF5O3/c2*1-11(2)14(12(3)4)10-13-8-6-5-7-9-13;8-1-2(9)4(11)6(15-7(13)14)5(12)3(1)10/h2*5-9,11-12H,10H2,1-4H3;13-14H. The zero-order valence-corrected chi connectivity index (χ0v) is 26.2. The summed E-state index contributed by atoms with van der Waals surface area (Å²) >= 11 is 0. The fourth-order valence-corrected chi connectivity index (χ4v) is 4.30. The molecule has 2 N–H and O–H groups in total. The van der Waals surface area contributed by atoms with Crippen molar-refractivity contribution in [2.24, 2.45) is 0 Å². The van der Waals surface area contributed by atoms with Crippen LogP contribution in [0.25, 0.3) is 0 Å². The molecule has 0 aliphatic rings. The van der Waals surface area contributed by atoms with Gasteiger partial charge in [0.25, 0.3) is 0 Å². The molecule has 3 rings (SSSR count). The zero-order valence-electron chi connectivity index (χ0n) is 26.2. The summed E-state index contributed by atoms with van der Waals surface area (Å²) in [6.45, 7) is 20.1. The zero-order chi connectivity index (χ0) is 32.9. The van der Waals surface area contributed by atoms with Crippen molar-refractivity contribution >= 4 is 7.32 Å². The van der Waals surface area contributed by atoms with Crippen molar-refractivity contribution in [1.82, 2.24) is 9.80 Å². The molecule has 0 heterocycles. The highest BCUT2D eigenvalue weighted by Crippen LogP contribution is 2.29. The molecule has 0 aliphatic carbocycles. The molecule has 0 fully saturated rings. The average Bonchev–Trinajstić information content (AvgIpc) is 2.96. The largest absolute Gasteiger partial charge is 0.707 e. The molecule has 0 aliphatic heterocycles. The average molecular weight is 611 g/mol. The van der Waals surface area contributed by atoms with E-state index >= 15 is 0 Å². The minimum Gasteiger partial charge on any atom is -0.507 e. The monoisotopic (exact) mass is 610 g/mol. The van der Waals surface area contributed by atoms with Gasteiger partial charge in [0.1, 0.15) is 0 Å². The van der Waals surface area contributed by atoms with Crippen molar-refractivity contribution in [3.05, 3.63) is 101 Å². The number of halogens is 5. The van der Waals surface area contributed by atoms with Gasteiger partial charge in [-0.2, -0.15) is 8.78 Å². The Morgan fingerprint density at radius 2 is 0.814 bits per heavy atom. The molecule has 3 aromatic rings. The van der Waals surface area contributed by atoms with Crippen LogP contribution in [0.5, 0.6) is 5.75 Å².